The Morgan fingerprint density at radius 1 is 1.50 bits per heavy atom. The number of nitrogens with zero attached hydrogens (tertiary/aromatic N) is 1. The van der Waals surface area contributed by atoms with E-state index in [-0.39, 0.29) is 0 Å². The lowest BCUT2D eigenvalue weighted by molar-refractivity contribution is 0.167. The molecule has 0 aliphatic heterocycles. The van der Waals surface area contributed by atoms with Crippen LogP contribution in [0.25, 0.3) is 0 Å². The summed E-state index contributed by atoms with van der Waals surface area (Å²) < 4.78 is 10.5. The van der Waals surface area contributed by atoms with Crippen LogP contribution in [0, 0.1) is 11.3 Å². The maximum atomic E-state index is 8.98. The fourth-order valence-electron chi connectivity index (χ4n) is 1.40. The summed E-state index contributed by atoms with van der Waals surface area (Å²) >= 11 is 0. The first-order valence-electron chi connectivity index (χ1n) is 5.71. The summed E-state index contributed by atoms with van der Waals surface area (Å²) in [6.07, 6.45) is 0. The number of benzene rings is 1. The topological polar surface area (TPSA) is 54.3 Å². The number of methoxy groups -OCH3 is 1. The highest BCUT2D eigenvalue weighted by atomic mass is 16.5. The van der Waals surface area contributed by atoms with E-state index in [1.165, 1.54) is 0 Å². The van der Waals surface area contributed by atoms with E-state index in [4.69, 9.17) is 14.7 Å². The van der Waals surface area contributed by atoms with Crippen LogP contribution in [0.15, 0.2) is 30.4 Å². The Hall–Kier alpha value is -1.99. The third-order valence-corrected chi connectivity index (χ3v) is 2.26. The van der Waals surface area contributed by atoms with Gasteiger partial charge in [0.05, 0.1) is 31.6 Å². The second kappa shape index (κ2) is 7.36. The van der Waals surface area contributed by atoms with Gasteiger partial charge in [0.2, 0.25) is 0 Å². The van der Waals surface area contributed by atoms with Gasteiger partial charge in [0, 0.05) is 12.6 Å². The Labute approximate surface area is 108 Å². The van der Waals surface area contributed by atoms with Crippen molar-refractivity contribution in [2.45, 2.75) is 6.92 Å². The summed E-state index contributed by atoms with van der Waals surface area (Å²) in [6, 6.07) is 7.43. The molecule has 0 saturated carbocycles. The number of hydrogen-bond acceptors (Lipinski definition) is 4. The van der Waals surface area contributed by atoms with E-state index in [1.807, 2.05) is 6.92 Å². The van der Waals surface area contributed by atoms with Crippen LogP contribution in [-0.2, 0) is 4.74 Å². The molecule has 4 heteroatoms. The Morgan fingerprint density at radius 2 is 2.28 bits per heavy atom. The second-order valence-corrected chi connectivity index (χ2v) is 3.96. The zero-order chi connectivity index (χ0) is 13.4. The van der Waals surface area contributed by atoms with E-state index in [0.717, 1.165) is 17.0 Å². The summed E-state index contributed by atoms with van der Waals surface area (Å²) in [5.74, 6) is 0.722. The molecule has 1 aromatic carbocycles. The van der Waals surface area contributed by atoms with Crippen molar-refractivity contribution >= 4 is 5.69 Å². The molecule has 96 valence electrons. The monoisotopic (exact) mass is 246 g/mol. The molecule has 0 saturated heterocycles. The van der Waals surface area contributed by atoms with Crippen LogP contribution in [-0.4, -0.2) is 26.9 Å². The van der Waals surface area contributed by atoms with Crippen molar-refractivity contribution in [3.8, 4) is 11.8 Å². The van der Waals surface area contributed by atoms with E-state index in [1.54, 1.807) is 25.3 Å². The van der Waals surface area contributed by atoms with Gasteiger partial charge in [0.1, 0.15) is 11.8 Å². The number of ether oxygens (including phenoxy) is 2. The van der Waals surface area contributed by atoms with Gasteiger partial charge in [-0.15, -0.1) is 0 Å². The first-order valence-corrected chi connectivity index (χ1v) is 5.71. The van der Waals surface area contributed by atoms with Gasteiger partial charge in [0.15, 0.2) is 0 Å². The molecule has 0 amide bonds. The van der Waals surface area contributed by atoms with Crippen LogP contribution in [0.2, 0.25) is 0 Å². The van der Waals surface area contributed by atoms with Crippen molar-refractivity contribution < 1.29 is 9.47 Å². The van der Waals surface area contributed by atoms with Gasteiger partial charge < -0.3 is 14.8 Å². The summed E-state index contributed by atoms with van der Waals surface area (Å²) in [5, 5.41) is 12.1. The fourth-order valence-corrected chi connectivity index (χ4v) is 1.40. The number of rotatable bonds is 7. The minimum absolute atomic E-state index is 0.560. The van der Waals surface area contributed by atoms with Gasteiger partial charge in [-0.25, -0.2) is 0 Å². The highest BCUT2D eigenvalue weighted by Gasteiger charge is 2.03. The molecule has 0 atom stereocenters. The van der Waals surface area contributed by atoms with Gasteiger partial charge in [-0.3, -0.25) is 0 Å². The minimum Gasteiger partial charge on any atom is -0.497 e. The summed E-state index contributed by atoms with van der Waals surface area (Å²) in [4.78, 5) is 0. The standard InChI is InChI=1S/C14H18N2O2/c1-11(2)10-18-7-6-16-14-8-13(17-3)5-4-12(14)9-15/h4-5,8,16H,1,6-7,10H2,2-3H3. The molecule has 0 fully saturated rings. The molecule has 0 aliphatic carbocycles. The van der Waals surface area contributed by atoms with Crippen molar-refractivity contribution in [2.24, 2.45) is 0 Å². The van der Waals surface area contributed by atoms with E-state index < -0.39 is 0 Å². The van der Waals surface area contributed by atoms with E-state index >= 15 is 0 Å². The van der Waals surface area contributed by atoms with Crippen molar-refractivity contribution in [3.05, 3.63) is 35.9 Å². The number of nitriles is 1. The molecule has 0 radical (unpaired) electrons. The number of anilines is 1. The average Bonchev–Trinajstić information content (AvgIpc) is 2.37. The van der Waals surface area contributed by atoms with Crippen LogP contribution >= 0.6 is 0 Å². The Morgan fingerprint density at radius 3 is 2.89 bits per heavy atom. The predicted molar refractivity (Wildman–Crippen MR) is 71.8 cm³/mol. The second-order valence-electron chi connectivity index (χ2n) is 3.96. The van der Waals surface area contributed by atoms with Gasteiger partial charge in [-0.2, -0.15) is 5.26 Å². The lowest BCUT2D eigenvalue weighted by Gasteiger charge is -2.10. The zero-order valence-corrected chi connectivity index (χ0v) is 10.8. The van der Waals surface area contributed by atoms with Crippen LogP contribution in [0.5, 0.6) is 5.75 Å². The fraction of sp³-hybridized carbons (Fsp3) is 0.357. The van der Waals surface area contributed by atoms with Crippen LogP contribution < -0.4 is 10.1 Å². The quantitative estimate of drug-likeness (QED) is 0.593. The Kier molecular flexibility index (Phi) is 5.75. The van der Waals surface area contributed by atoms with E-state index in [9.17, 15) is 0 Å². The minimum atomic E-state index is 0.560. The predicted octanol–water partition coefficient (Wildman–Crippen LogP) is 2.57. The van der Waals surface area contributed by atoms with Gasteiger partial charge in [0.25, 0.3) is 0 Å². The highest BCUT2D eigenvalue weighted by Crippen LogP contribution is 2.21. The smallest absolute Gasteiger partial charge is 0.121 e. The van der Waals surface area contributed by atoms with Crippen molar-refractivity contribution in [2.75, 3.05) is 32.2 Å². The Balaban J connectivity index is 2.50. The van der Waals surface area contributed by atoms with E-state index in [0.29, 0.717) is 25.3 Å². The SMILES string of the molecule is C=C(C)COCCNc1cc(OC)ccc1C#N. The first-order chi connectivity index (χ1) is 8.67. The highest BCUT2D eigenvalue weighted by molar-refractivity contribution is 5.60. The molecule has 0 aromatic heterocycles. The Bertz CT molecular complexity index is 450. The van der Waals surface area contributed by atoms with Crippen LogP contribution in [0.1, 0.15) is 12.5 Å². The summed E-state index contributed by atoms with van der Waals surface area (Å²) in [6.45, 7) is 7.43. The molecular formula is C14H18N2O2. The molecule has 0 unspecified atom stereocenters. The first kappa shape index (κ1) is 14.1. The molecular weight excluding hydrogens is 228 g/mol. The van der Waals surface area contributed by atoms with Gasteiger partial charge in [-0.1, -0.05) is 12.2 Å². The third kappa shape index (κ3) is 4.48. The lowest BCUT2D eigenvalue weighted by atomic mass is 10.2. The summed E-state index contributed by atoms with van der Waals surface area (Å²) in [7, 11) is 1.60. The van der Waals surface area contributed by atoms with E-state index in [2.05, 4.69) is 18.0 Å². The number of nitrogens with one attached hydrogen (secondary N) is 1. The summed E-state index contributed by atoms with van der Waals surface area (Å²) in [5.41, 5.74) is 2.35. The van der Waals surface area contributed by atoms with Crippen LogP contribution in [0.4, 0.5) is 5.69 Å². The normalized spacial score (nSPS) is 9.61. The number of hydrogen-bond donors (Lipinski definition) is 1. The third-order valence-electron chi connectivity index (χ3n) is 2.26. The molecule has 4 nitrogen and oxygen atoms in total. The van der Waals surface area contributed by atoms with Gasteiger partial charge >= 0.3 is 0 Å². The lowest BCUT2D eigenvalue weighted by Crippen LogP contribution is -2.11. The van der Waals surface area contributed by atoms with Crippen molar-refractivity contribution in [1.29, 1.82) is 5.26 Å². The molecule has 1 N–H and O–H groups in total. The maximum Gasteiger partial charge on any atom is 0.121 e. The molecule has 1 rings (SSSR count). The molecule has 0 spiro atoms. The molecule has 1 aromatic rings. The largest absolute Gasteiger partial charge is 0.497 e. The molecule has 0 heterocycles. The van der Waals surface area contributed by atoms with Crippen molar-refractivity contribution in [3.63, 3.8) is 0 Å². The van der Waals surface area contributed by atoms with Crippen LogP contribution in [0.3, 0.4) is 0 Å². The zero-order valence-electron chi connectivity index (χ0n) is 10.8. The van der Waals surface area contributed by atoms with Gasteiger partial charge in [-0.05, 0) is 19.1 Å². The average molecular weight is 246 g/mol. The van der Waals surface area contributed by atoms with Crippen molar-refractivity contribution in [1.82, 2.24) is 0 Å². The molecule has 0 bridgehead atoms. The molecule has 18 heavy (non-hydrogen) atoms. The molecule has 0 aliphatic rings. The maximum absolute atomic E-state index is 8.98.